The van der Waals surface area contributed by atoms with Crippen molar-refractivity contribution < 1.29 is 19.2 Å². The van der Waals surface area contributed by atoms with E-state index >= 15 is 0 Å². The number of hydrogen-bond donors (Lipinski definition) is 0. The summed E-state index contributed by atoms with van der Waals surface area (Å²) in [6, 6.07) is 5.80. The van der Waals surface area contributed by atoms with Crippen LogP contribution in [0.1, 0.15) is 46.4 Å². The average Bonchev–Trinajstić information content (AvgIpc) is 2.55. The topological polar surface area (TPSA) is 68.3 Å². The minimum Gasteiger partial charge on any atom is -0.281 e. The molecular formula is C16H14Cl4O4. The molecule has 1 saturated carbocycles. The Hall–Kier alpha value is -0.940. The van der Waals surface area contributed by atoms with E-state index in [1.54, 1.807) is 0 Å². The lowest BCUT2D eigenvalue weighted by Crippen LogP contribution is -2.21. The molecule has 1 aromatic carbocycles. The van der Waals surface area contributed by atoms with Crippen LogP contribution in [0.15, 0.2) is 24.3 Å². The summed E-state index contributed by atoms with van der Waals surface area (Å²) in [7, 11) is 0. The van der Waals surface area contributed by atoms with Gasteiger partial charge >= 0.3 is 0 Å². The molecule has 1 aliphatic carbocycles. The Balaban J connectivity index is 0.000000240. The summed E-state index contributed by atoms with van der Waals surface area (Å²) >= 11 is 21.0. The maximum absolute atomic E-state index is 10.7. The molecule has 1 aliphatic rings. The van der Waals surface area contributed by atoms with Crippen LogP contribution in [0.2, 0.25) is 0 Å². The van der Waals surface area contributed by atoms with Gasteiger partial charge in [-0.3, -0.25) is 19.2 Å². The standard InChI is InChI=1S/C8H10Cl2O2.C8H4Cl2O2/c2*9-7(11)5-1-2-6(4-3-5)8(10)12/h5-6H,1-4H2;1-4H. The number of halogens is 4. The third-order valence-corrected chi connectivity index (χ3v) is 4.76. The van der Waals surface area contributed by atoms with Gasteiger partial charge in [0.2, 0.25) is 10.5 Å². The molecule has 0 aromatic heterocycles. The van der Waals surface area contributed by atoms with Crippen molar-refractivity contribution in [3.8, 4) is 0 Å². The number of benzene rings is 1. The van der Waals surface area contributed by atoms with Gasteiger partial charge in [0.1, 0.15) is 0 Å². The second-order valence-electron chi connectivity index (χ2n) is 5.28. The van der Waals surface area contributed by atoms with E-state index < -0.39 is 10.5 Å². The monoisotopic (exact) mass is 410 g/mol. The zero-order valence-electron chi connectivity index (χ0n) is 12.4. The van der Waals surface area contributed by atoms with E-state index in [2.05, 4.69) is 0 Å². The minimum atomic E-state index is -0.552. The number of carbonyl (C=O) groups excluding carboxylic acids is 4. The van der Waals surface area contributed by atoms with Crippen molar-refractivity contribution >= 4 is 67.4 Å². The molecule has 2 rings (SSSR count). The zero-order chi connectivity index (χ0) is 18.3. The van der Waals surface area contributed by atoms with Crippen LogP contribution in [0.5, 0.6) is 0 Å². The normalized spacial score (nSPS) is 19.7. The van der Waals surface area contributed by atoms with Crippen LogP contribution in [0.4, 0.5) is 0 Å². The van der Waals surface area contributed by atoms with Gasteiger partial charge in [-0.15, -0.1) is 0 Å². The highest BCUT2D eigenvalue weighted by Crippen LogP contribution is 2.31. The van der Waals surface area contributed by atoms with Crippen LogP contribution in [0, 0.1) is 11.8 Å². The summed E-state index contributed by atoms with van der Waals surface area (Å²) in [4.78, 5) is 42.6. The van der Waals surface area contributed by atoms with E-state index in [4.69, 9.17) is 46.4 Å². The highest BCUT2D eigenvalue weighted by atomic mass is 35.5. The predicted molar refractivity (Wildman–Crippen MR) is 94.0 cm³/mol. The van der Waals surface area contributed by atoms with Gasteiger partial charge in [-0.2, -0.15) is 0 Å². The Labute approximate surface area is 159 Å². The third kappa shape index (κ3) is 6.89. The van der Waals surface area contributed by atoms with Crippen molar-refractivity contribution in [2.75, 3.05) is 0 Å². The van der Waals surface area contributed by atoms with Gasteiger partial charge < -0.3 is 0 Å². The smallest absolute Gasteiger partial charge is 0.252 e. The van der Waals surface area contributed by atoms with Crippen LogP contribution in [-0.4, -0.2) is 21.0 Å². The first-order chi connectivity index (χ1) is 11.2. The summed E-state index contributed by atoms with van der Waals surface area (Å²) in [6.45, 7) is 0. The molecule has 1 aromatic rings. The Bertz CT molecular complexity index is 564. The van der Waals surface area contributed by atoms with Gasteiger partial charge in [0.15, 0.2) is 0 Å². The summed E-state index contributed by atoms with van der Waals surface area (Å²) in [5.41, 5.74) is 0.691. The molecule has 0 bridgehead atoms. The fraction of sp³-hybridized carbons (Fsp3) is 0.375. The van der Waals surface area contributed by atoms with Crippen molar-refractivity contribution in [2.45, 2.75) is 25.7 Å². The molecule has 0 heterocycles. The second-order valence-corrected chi connectivity index (χ2v) is 6.71. The quantitative estimate of drug-likeness (QED) is 0.669. The maximum Gasteiger partial charge on any atom is 0.252 e. The fourth-order valence-corrected chi connectivity index (χ4v) is 2.97. The second kappa shape index (κ2) is 10.1. The number of hydrogen-bond acceptors (Lipinski definition) is 4. The SMILES string of the molecule is O=C(Cl)C1CCC(C(=O)Cl)CC1.O=C(Cl)c1ccc(C(=O)Cl)cc1. The molecule has 0 unspecified atom stereocenters. The first-order valence-corrected chi connectivity index (χ1v) is 8.62. The van der Waals surface area contributed by atoms with E-state index in [0.29, 0.717) is 36.8 Å². The highest BCUT2D eigenvalue weighted by molar-refractivity contribution is 6.68. The molecule has 0 amide bonds. The van der Waals surface area contributed by atoms with Crippen molar-refractivity contribution in [3.05, 3.63) is 35.4 Å². The Morgan fingerprint density at radius 1 is 0.625 bits per heavy atom. The summed E-state index contributed by atoms with van der Waals surface area (Å²) < 4.78 is 0. The molecule has 1 fully saturated rings. The summed E-state index contributed by atoms with van der Waals surface area (Å²) in [5.74, 6) is -0.113. The third-order valence-electron chi connectivity index (χ3n) is 3.71. The molecule has 0 radical (unpaired) electrons. The van der Waals surface area contributed by atoms with Gasteiger partial charge in [0.05, 0.1) is 0 Å². The van der Waals surface area contributed by atoms with E-state index in [1.165, 1.54) is 24.3 Å². The first kappa shape index (κ1) is 21.1. The van der Waals surface area contributed by atoms with E-state index in [1.807, 2.05) is 0 Å². The lowest BCUT2D eigenvalue weighted by molar-refractivity contribution is -0.120. The summed E-state index contributed by atoms with van der Waals surface area (Å²) in [6.07, 6.45) is 2.80. The highest BCUT2D eigenvalue weighted by Gasteiger charge is 2.27. The Morgan fingerprint density at radius 2 is 0.875 bits per heavy atom. The maximum atomic E-state index is 10.7. The van der Waals surface area contributed by atoms with E-state index in [-0.39, 0.29) is 22.3 Å². The molecule has 0 spiro atoms. The number of carbonyl (C=O) groups is 4. The molecule has 130 valence electrons. The fourth-order valence-electron chi connectivity index (χ4n) is 2.28. The van der Waals surface area contributed by atoms with Crippen LogP contribution < -0.4 is 0 Å². The molecule has 0 atom stereocenters. The van der Waals surface area contributed by atoms with Crippen LogP contribution >= 0.6 is 46.4 Å². The zero-order valence-corrected chi connectivity index (χ0v) is 15.5. The molecule has 24 heavy (non-hydrogen) atoms. The lowest BCUT2D eigenvalue weighted by Gasteiger charge is -2.23. The molecule has 0 aliphatic heterocycles. The van der Waals surface area contributed by atoms with E-state index in [0.717, 1.165) is 0 Å². The lowest BCUT2D eigenvalue weighted by atomic mass is 9.83. The van der Waals surface area contributed by atoms with Crippen LogP contribution in [-0.2, 0) is 9.59 Å². The van der Waals surface area contributed by atoms with Crippen molar-refractivity contribution in [3.63, 3.8) is 0 Å². The molecule has 0 N–H and O–H groups in total. The molecule has 4 nitrogen and oxygen atoms in total. The van der Waals surface area contributed by atoms with Gasteiger partial charge in [0, 0.05) is 23.0 Å². The Morgan fingerprint density at radius 3 is 1.04 bits per heavy atom. The molecule has 0 saturated heterocycles. The van der Waals surface area contributed by atoms with E-state index in [9.17, 15) is 19.2 Å². The van der Waals surface area contributed by atoms with Crippen molar-refractivity contribution in [1.82, 2.24) is 0 Å². The van der Waals surface area contributed by atoms with Crippen molar-refractivity contribution in [2.24, 2.45) is 11.8 Å². The molecule has 8 heteroatoms. The number of rotatable bonds is 4. The van der Waals surface area contributed by atoms with Crippen molar-refractivity contribution in [1.29, 1.82) is 0 Å². The van der Waals surface area contributed by atoms with Gasteiger partial charge in [-0.05, 0) is 96.4 Å². The van der Waals surface area contributed by atoms with Crippen LogP contribution in [0.25, 0.3) is 0 Å². The minimum absolute atomic E-state index is 0.0565. The van der Waals surface area contributed by atoms with Gasteiger partial charge in [-0.1, -0.05) is 0 Å². The summed E-state index contributed by atoms with van der Waals surface area (Å²) in [5, 5.41) is -1.67. The largest absolute Gasteiger partial charge is 0.281 e. The van der Waals surface area contributed by atoms with Crippen LogP contribution in [0.3, 0.4) is 0 Å². The average molecular weight is 412 g/mol. The predicted octanol–water partition coefficient (Wildman–Crippen LogP) is 4.77. The molecular weight excluding hydrogens is 398 g/mol. The van der Waals surface area contributed by atoms with Gasteiger partial charge in [0.25, 0.3) is 10.5 Å². The Kier molecular flexibility index (Phi) is 8.92. The van der Waals surface area contributed by atoms with Gasteiger partial charge in [-0.25, -0.2) is 0 Å². The first-order valence-electron chi connectivity index (χ1n) is 7.10.